The van der Waals surface area contributed by atoms with Crippen LogP contribution in [0.15, 0.2) is 34.9 Å². The zero-order valence-electron chi connectivity index (χ0n) is 15.5. The molecule has 2 aliphatic heterocycles. The minimum absolute atomic E-state index is 0.0513. The van der Waals surface area contributed by atoms with Gasteiger partial charge in [0.15, 0.2) is 18.2 Å². The number of pyridine rings is 1. The van der Waals surface area contributed by atoms with Gasteiger partial charge in [0.1, 0.15) is 12.3 Å². The summed E-state index contributed by atoms with van der Waals surface area (Å²) in [6.45, 7) is 3.53. The van der Waals surface area contributed by atoms with Crippen LogP contribution in [0, 0.1) is 0 Å². The van der Waals surface area contributed by atoms with Gasteiger partial charge in [-0.2, -0.15) is 0 Å². The topological polar surface area (TPSA) is 72.0 Å². The van der Waals surface area contributed by atoms with Gasteiger partial charge in [-0.3, -0.25) is 14.5 Å². The van der Waals surface area contributed by atoms with Gasteiger partial charge in [-0.15, -0.1) is 0 Å². The fourth-order valence-corrected chi connectivity index (χ4v) is 3.77. The molecule has 3 heterocycles. The lowest BCUT2D eigenvalue weighted by Gasteiger charge is -2.33. The minimum atomic E-state index is -0.272. The Morgan fingerprint density at radius 1 is 1.32 bits per heavy atom. The van der Waals surface area contributed by atoms with E-state index in [-0.39, 0.29) is 25.0 Å². The quantitative estimate of drug-likeness (QED) is 0.722. The molecule has 28 heavy (non-hydrogen) atoms. The molecule has 2 aromatic rings. The third kappa shape index (κ3) is 3.69. The van der Waals surface area contributed by atoms with Crippen molar-refractivity contribution in [3.05, 3.63) is 46.1 Å². The number of benzene rings is 1. The number of hydrogen-bond donors (Lipinski definition) is 0. The van der Waals surface area contributed by atoms with Gasteiger partial charge in [-0.1, -0.05) is 6.07 Å². The largest absolute Gasteiger partial charge is 0.494 e. The number of fused-ring (bicyclic) bond motifs is 2. The molecule has 0 spiro atoms. The second kappa shape index (κ2) is 7.79. The Morgan fingerprint density at radius 3 is 3.00 bits per heavy atom. The van der Waals surface area contributed by atoms with Crippen LogP contribution in [0.4, 0.5) is 5.82 Å². The number of aromatic nitrogens is 1. The number of nitrogens with zero attached hydrogens (tertiary/aromatic N) is 3. The molecule has 2 amide bonds. The molecule has 0 saturated carbocycles. The molecule has 146 valence electrons. The standard InChI is InChI=1S/C20H20BrN3O4/c1-2-27-16-4-3-13-5-6-23(10-14(13)7-16)18(25)11-24-19(26)12-28-17-8-15(21)9-22-20(17)24/h3-4,7-9H,2,5-6,10-12H2,1H3. The number of amides is 2. The van der Waals surface area contributed by atoms with Crippen LogP contribution in [0.5, 0.6) is 11.5 Å². The van der Waals surface area contributed by atoms with E-state index in [0.717, 1.165) is 22.2 Å². The molecule has 0 N–H and O–H groups in total. The van der Waals surface area contributed by atoms with Crippen LogP contribution in [-0.2, 0) is 22.6 Å². The van der Waals surface area contributed by atoms with Crippen molar-refractivity contribution in [2.75, 3.05) is 31.2 Å². The average Bonchev–Trinajstić information content (AvgIpc) is 2.69. The SMILES string of the molecule is CCOc1ccc2c(c1)CN(C(=O)CN1C(=O)COc3cc(Br)cnc31)CC2. The molecule has 0 radical (unpaired) electrons. The van der Waals surface area contributed by atoms with E-state index in [9.17, 15) is 9.59 Å². The summed E-state index contributed by atoms with van der Waals surface area (Å²) in [6.07, 6.45) is 2.37. The Bertz CT molecular complexity index is 934. The highest BCUT2D eigenvalue weighted by molar-refractivity contribution is 9.10. The van der Waals surface area contributed by atoms with Crippen LogP contribution in [-0.4, -0.2) is 48.0 Å². The number of halogens is 1. The van der Waals surface area contributed by atoms with Crippen molar-refractivity contribution < 1.29 is 19.1 Å². The molecule has 8 heteroatoms. The first-order valence-electron chi connectivity index (χ1n) is 9.16. The molecule has 2 aliphatic rings. The van der Waals surface area contributed by atoms with Gasteiger partial charge in [0, 0.05) is 23.8 Å². The number of carbonyl (C=O) groups is 2. The highest BCUT2D eigenvalue weighted by Crippen LogP contribution is 2.32. The lowest BCUT2D eigenvalue weighted by atomic mass is 9.99. The molecule has 0 saturated heterocycles. The number of rotatable bonds is 4. The summed E-state index contributed by atoms with van der Waals surface area (Å²) in [5.74, 6) is 1.30. The maximum Gasteiger partial charge on any atom is 0.266 e. The van der Waals surface area contributed by atoms with Crippen molar-refractivity contribution in [1.82, 2.24) is 9.88 Å². The van der Waals surface area contributed by atoms with Gasteiger partial charge in [0.2, 0.25) is 5.91 Å². The van der Waals surface area contributed by atoms with Crippen LogP contribution < -0.4 is 14.4 Å². The summed E-state index contributed by atoms with van der Waals surface area (Å²) >= 11 is 3.34. The second-order valence-electron chi connectivity index (χ2n) is 6.67. The Labute approximate surface area is 171 Å². The molecule has 0 unspecified atom stereocenters. The molecule has 7 nitrogen and oxygen atoms in total. The van der Waals surface area contributed by atoms with E-state index in [1.54, 1.807) is 17.2 Å². The third-order valence-electron chi connectivity index (χ3n) is 4.85. The van der Waals surface area contributed by atoms with E-state index in [2.05, 4.69) is 27.0 Å². The Kier molecular flexibility index (Phi) is 5.21. The van der Waals surface area contributed by atoms with Crippen molar-refractivity contribution in [2.24, 2.45) is 0 Å². The van der Waals surface area contributed by atoms with E-state index >= 15 is 0 Å². The van der Waals surface area contributed by atoms with Crippen LogP contribution in [0.3, 0.4) is 0 Å². The monoisotopic (exact) mass is 445 g/mol. The van der Waals surface area contributed by atoms with E-state index < -0.39 is 0 Å². The fourth-order valence-electron chi connectivity index (χ4n) is 3.46. The van der Waals surface area contributed by atoms with Crippen molar-refractivity contribution in [3.63, 3.8) is 0 Å². The van der Waals surface area contributed by atoms with Gasteiger partial charge in [-0.05, 0) is 58.6 Å². The molecule has 0 atom stereocenters. The number of hydrogen-bond acceptors (Lipinski definition) is 5. The summed E-state index contributed by atoms with van der Waals surface area (Å²) in [5, 5.41) is 0. The van der Waals surface area contributed by atoms with Gasteiger partial charge in [0.05, 0.1) is 6.61 Å². The number of anilines is 1. The average molecular weight is 446 g/mol. The Morgan fingerprint density at radius 2 is 2.18 bits per heavy atom. The van der Waals surface area contributed by atoms with Gasteiger partial charge >= 0.3 is 0 Å². The second-order valence-corrected chi connectivity index (χ2v) is 7.59. The number of ether oxygens (including phenoxy) is 2. The predicted octanol–water partition coefficient (Wildman–Crippen LogP) is 2.55. The summed E-state index contributed by atoms with van der Waals surface area (Å²) in [7, 11) is 0. The van der Waals surface area contributed by atoms with E-state index in [1.165, 1.54) is 10.5 Å². The summed E-state index contributed by atoms with van der Waals surface area (Å²) in [4.78, 5) is 32.7. The zero-order valence-corrected chi connectivity index (χ0v) is 17.1. The lowest BCUT2D eigenvalue weighted by Crippen LogP contribution is -2.47. The first kappa shape index (κ1) is 18.7. The smallest absolute Gasteiger partial charge is 0.266 e. The Hall–Kier alpha value is -2.61. The highest BCUT2D eigenvalue weighted by atomic mass is 79.9. The minimum Gasteiger partial charge on any atom is -0.494 e. The summed E-state index contributed by atoms with van der Waals surface area (Å²) < 4.78 is 11.8. The molecule has 1 aromatic carbocycles. The molecule has 0 aliphatic carbocycles. The molecule has 0 fully saturated rings. The van der Waals surface area contributed by atoms with E-state index in [1.807, 2.05) is 19.1 Å². The molecule has 4 rings (SSSR count). The summed E-state index contributed by atoms with van der Waals surface area (Å²) in [6, 6.07) is 7.77. The molecular formula is C20H20BrN3O4. The predicted molar refractivity (Wildman–Crippen MR) is 107 cm³/mol. The number of carbonyl (C=O) groups excluding carboxylic acids is 2. The van der Waals surface area contributed by atoms with Crippen molar-refractivity contribution in [1.29, 1.82) is 0 Å². The first-order valence-corrected chi connectivity index (χ1v) is 9.95. The van der Waals surface area contributed by atoms with Crippen LogP contribution >= 0.6 is 15.9 Å². The van der Waals surface area contributed by atoms with Gasteiger partial charge in [-0.25, -0.2) is 4.98 Å². The van der Waals surface area contributed by atoms with Crippen molar-refractivity contribution in [2.45, 2.75) is 19.9 Å². The normalized spacial score (nSPS) is 15.6. The van der Waals surface area contributed by atoms with Gasteiger partial charge < -0.3 is 14.4 Å². The third-order valence-corrected chi connectivity index (χ3v) is 5.29. The van der Waals surface area contributed by atoms with Crippen LogP contribution in [0.1, 0.15) is 18.1 Å². The molecule has 1 aromatic heterocycles. The Balaban J connectivity index is 1.50. The summed E-state index contributed by atoms with van der Waals surface area (Å²) in [5.41, 5.74) is 2.31. The van der Waals surface area contributed by atoms with Crippen LogP contribution in [0.2, 0.25) is 0 Å². The first-order chi connectivity index (χ1) is 13.5. The van der Waals surface area contributed by atoms with Crippen molar-refractivity contribution in [3.8, 4) is 11.5 Å². The van der Waals surface area contributed by atoms with E-state index in [4.69, 9.17) is 9.47 Å². The maximum absolute atomic E-state index is 12.9. The highest BCUT2D eigenvalue weighted by Gasteiger charge is 2.31. The van der Waals surface area contributed by atoms with E-state index in [0.29, 0.717) is 31.3 Å². The molecule has 0 bridgehead atoms. The fraction of sp³-hybridized carbons (Fsp3) is 0.350. The maximum atomic E-state index is 12.9. The van der Waals surface area contributed by atoms with Crippen LogP contribution in [0.25, 0.3) is 0 Å². The van der Waals surface area contributed by atoms with Gasteiger partial charge in [0.25, 0.3) is 5.91 Å². The van der Waals surface area contributed by atoms with Crippen molar-refractivity contribution >= 4 is 33.6 Å². The zero-order chi connectivity index (χ0) is 19.7. The lowest BCUT2D eigenvalue weighted by molar-refractivity contribution is -0.132. The molecular weight excluding hydrogens is 426 g/mol.